The molecule has 3 aromatic heterocycles. The van der Waals surface area contributed by atoms with Gasteiger partial charge in [0, 0.05) is 54.7 Å². The molecule has 0 bridgehead atoms. The molecule has 0 atom stereocenters. The Labute approximate surface area is 317 Å². The lowest BCUT2D eigenvalue weighted by atomic mass is 9.94. The second kappa shape index (κ2) is 12.6. The quantitative estimate of drug-likeness (QED) is 0.168. The highest BCUT2D eigenvalue weighted by atomic mass is 15.0. The van der Waals surface area contributed by atoms with E-state index in [1.54, 1.807) is 0 Å². The Balaban J connectivity index is 1.13. The zero-order chi connectivity index (χ0) is 36.3. The summed E-state index contributed by atoms with van der Waals surface area (Å²) in [7, 11) is 0. The van der Waals surface area contributed by atoms with Gasteiger partial charge in [-0.1, -0.05) is 152 Å². The molecule has 8 aromatic carbocycles. The molecule has 0 saturated carbocycles. The summed E-state index contributed by atoms with van der Waals surface area (Å²) in [6.07, 6.45) is 0. The Bertz CT molecular complexity index is 3220. The summed E-state index contributed by atoms with van der Waals surface area (Å²) < 4.78 is 2.39. The Hall–Kier alpha value is -7.43. The van der Waals surface area contributed by atoms with Crippen molar-refractivity contribution in [1.82, 2.24) is 19.5 Å². The minimum Gasteiger partial charge on any atom is -0.309 e. The van der Waals surface area contributed by atoms with Gasteiger partial charge in [0.05, 0.1) is 33.5 Å². The van der Waals surface area contributed by atoms with Gasteiger partial charge in [-0.3, -0.25) is 0 Å². The second-order valence-corrected chi connectivity index (χ2v) is 14.0. The van der Waals surface area contributed by atoms with Gasteiger partial charge in [-0.05, 0) is 53.6 Å². The third kappa shape index (κ3) is 5.11. The number of rotatable bonds is 5. The third-order valence-corrected chi connectivity index (χ3v) is 10.8. The first-order valence-corrected chi connectivity index (χ1v) is 18.6. The zero-order valence-corrected chi connectivity index (χ0v) is 29.8. The standard InChI is InChI=1S/C51H32N4/c1-4-14-34(15-5-1)50-41-29-31-46-48(40-21-11-13-23-45(40)55(46)38-18-8-3-9-19-38)47(41)42-32-37(28-30-44(42)52-50)33-24-26-35(27-25-33)49-39-20-10-12-22-43(39)53-51(54-49)36-16-6-2-7-17-36/h1-32H. The number of hydrogen-bond acceptors (Lipinski definition) is 3. The first kappa shape index (κ1) is 31.1. The van der Waals surface area contributed by atoms with Crippen LogP contribution >= 0.6 is 0 Å². The van der Waals surface area contributed by atoms with Crippen molar-refractivity contribution in [1.29, 1.82) is 0 Å². The van der Waals surface area contributed by atoms with Crippen molar-refractivity contribution in [2.75, 3.05) is 0 Å². The van der Waals surface area contributed by atoms with Crippen LogP contribution in [0.15, 0.2) is 194 Å². The second-order valence-electron chi connectivity index (χ2n) is 14.0. The average molecular weight is 701 g/mol. The summed E-state index contributed by atoms with van der Waals surface area (Å²) in [6.45, 7) is 0. The molecule has 11 aromatic rings. The zero-order valence-electron chi connectivity index (χ0n) is 29.8. The van der Waals surface area contributed by atoms with Gasteiger partial charge >= 0.3 is 0 Å². The maximum atomic E-state index is 5.36. The van der Waals surface area contributed by atoms with E-state index in [0.717, 1.165) is 77.9 Å². The number of pyridine rings is 1. The number of fused-ring (bicyclic) bond motifs is 8. The monoisotopic (exact) mass is 700 g/mol. The minimum absolute atomic E-state index is 0.724. The van der Waals surface area contributed by atoms with Crippen LogP contribution in [0.1, 0.15) is 0 Å². The number of benzene rings is 8. The van der Waals surface area contributed by atoms with Crippen LogP contribution in [0.3, 0.4) is 0 Å². The van der Waals surface area contributed by atoms with Gasteiger partial charge in [0.25, 0.3) is 0 Å². The van der Waals surface area contributed by atoms with Crippen LogP contribution in [0, 0.1) is 0 Å². The summed E-state index contributed by atoms with van der Waals surface area (Å²) in [5.41, 5.74) is 12.7. The minimum atomic E-state index is 0.724. The molecule has 0 N–H and O–H groups in total. The highest BCUT2D eigenvalue weighted by molar-refractivity contribution is 6.29. The molecule has 0 saturated heterocycles. The predicted molar refractivity (Wildman–Crippen MR) is 228 cm³/mol. The number of para-hydroxylation sites is 3. The Morgan fingerprint density at radius 1 is 0.309 bits per heavy atom. The lowest BCUT2D eigenvalue weighted by molar-refractivity contribution is 1.18. The third-order valence-electron chi connectivity index (χ3n) is 10.8. The van der Waals surface area contributed by atoms with E-state index < -0.39 is 0 Å². The summed E-state index contributed by atoms with van der Waals surface area (Å²) in [4.78, 5) is 15.4. The molecule has 3 heterocycles. The highest BCUT2D eigenvalue weighted by Crippen LogP contribution is 2.43. The van der Waals surface area contributed by atoms with Gasteiger partial charge in [0.15, 0.2) is 5.82 Å². The largest absolute Gasteiger partial charge is 0.309 e. The van der Waals surface area contributed by atoms with Crippen molar-refractivity contribution in [3.05, 3.63) is 194 Å². The van der Waals surface area contributed by atoms with Crippen molar-refractivity contribution in [3.8, 4) is 50.7 Å². The summed E-state index contributed by atoms with van der Waals surface area (Å²) in [5.74, 6) is 0.724. The molecule has 256 valence electrons. The fourth-order valence-electron chi connectivity index (χ4n) is 8.24. The van der Waals surface area contributed by atoms with Crippen LogP contribution in [0.25, 0.3) is 105 Å². The first-order chi connectivity index (χ1) is 27.3. The van der Waals surface area contributed by atoms with E-state index in [-0.39, 0.29) is 0 Å². The van der Waals surface area contributed by atoms with Gasteiger partial charge < -0.3 is 4.57 Å². The van der Waals surface area contributed by atoms with E-state index in [0.29, 0.717) is 0 Å². The molecular formula is C51H32N4. The number of aromatic nitrogens is 4. The molecule has 0 spiro atoms. The van der Waals surface area contributed by atoms with Crippen LogP contribution < -0.4 is 0 Å². The molecule has 0 aliphatic carbocycles. The van der Waals surface area contributed by atoms with E-state index in [1.807, 2.05) is 24.3 Å². The lowest BCUT2D eigenvalue weighted by Gasteiger charge is -2.14. The van der Waals surface area contributed by atoms with Crippen molar-refractivity contribution < 1.29 is 0 Å². The van der Waals surface area contributed by atoms with Crippen LogP contribution in [0.2, 0.25) is 0 Å². The Morgan fingerprint density at radius 2 is 0.891 bits per heavy atom. The van der Waals surface area contributed by atoms with Gasteiger partial charge in [-0.25, -0.2) is 15.0 Å². The summed E-state index contributed by atoms with van der Waals surface area (Å²) in [5, 5.41) is 6.98. The van der Waals surface area contributed by atoms with E-state index in [1.165, 1.54) is 27.2 Å². The van der Waals surface area contributed by atoms with Crippen LogP contribution in [0.4, 0.5) is 0 Å². The van der Waals surface area contributed by atoms with E-state index in [2.05, 4.69) is 174 Å². The van der Waals surface area contributed by atoms with Gasteiger partial charge in [-0.2, -0.15) is 0 Å². The number of hydrogen-bond donors (Lipinski definition) is 0. The van der Waals surface area contributed by atoms with Gasteiger partial charge in [-0.15, -0.1) is 0 Å². The molecule has 0 radical (unpaired) electrons. The van der Waals surface area contributed by atoms with E-state index in [9.17, 15) is 0 Å². The Morgan fingerprint density at radius 3 is 1.67 bits per heavy atom. The van der Waals surface area contributed by atoms with Crippen LogP contribution in [-0.4, -0.2) is 19.5 Å². The Kier molecular flexibility index (Phi) is 7.14. The maximum absolute atomic E-state index is 5.36. The van der Waals surface area contributed by atoms with Crippen molar-refractivity contribution >= 4 is 54.4 Å². The molecule has 11 rings (SSSR count). The fraction of sp³-hybridized carbons (Fsp3) is 0. The van der Waals surface area contributed by atoms with Crippen LogP contribution in [0.5, 0.6) is 0 Å². The molecule has 0 aliphatic heterocycles. The van der Waals surface area contributed by atoms with Crippen molar-refractivity contribution in [2.24, 2.45) is 0 Å². The molecule has 0 fully saturated rings. The SMILES string of the molecule is c1ccc(-c2nc(-c3ccc(-c4ccc5nc(-c6ccccc6)c6ccc7c(c8ccccc8n7-c7ccccc7)c6c5c4)cc3)c3ccccc3n2)cc1. The van der Waals surface area contributed by atoms with Crippen molar-refractivity contribution in [2.45, 2.75) is 0 Å². The molecule has 4 heteroatoms. The summed E-state index contributed by atoms with van der Waals surface area (Å²) in [6, 6.07) is 68.5. The summed E-state index contributed by atoms with van der Waals surface area (Å²) >= 11 is 0. The normalized spacial score (nSPS) is 11.6. The van der Waals surface area contributed by atoms with Crippen molar-refractivity contribution in [3.63, 3.8) is 0 Å². The lowest BCUT2D eigenvalue weighted by Crippen LogP contribution is -1.95. The van der Waals surface area contributed by atoms with Gasteiger partial charge in [0.2, 0.25) is 0 Å². The van der Waals surface area contributed by atoms with E-state index in [4.69, 9.17) is 15.0 Å². The fourth-order valence-corrected chi connectivity index (χ4v) is 8.24. The van der Waals surface area contributed by atoms with Crippen LogP contribution in [-0.2, 0) is 0 Å². The van der Waals surface area contributed by atoms with Gasteiger partial charge in [0.1, 0.15) is 0 Å². The maximum Gasteiger partial charge on any atom is 0.160 e. The average Bonchev–Trinajstić information content (AvgIpc) is 3.61. The predicted octanol–water partition coefficient (Wildman–Crippen LogP) is 13.1. The molecule has 4 nitrogen and oxygen atoms in total. The number of nitrogens with zero attached hydrogens (tertiary/aromatic N) is 4. The molecule has 55 heavy (non-hydrogen) atoms. The van der Waals surface area contributed by atoms with E-state index >= 15 is 0 Å². The smallest absolute Gasteiger partial charge is 0.160 e. The molecule has 0 amide bonds. The topological polar surface area (TPSA) is 43.6 Å². The first-order valence-electron chi connectivity index (χ1n) is 18.6. The molecule has 0 unspecified atom stereocenters. The molecule has 0 aliphatic rings. The molecular weight excluding hydrogens is 669 g/mol. The highest BCUT2D eigenvalue weighted by Gasteiger charge is 2.20.